The monoisotopic (exact) mass is 262 g/mol. The van der Waals surface area contributed by atoms with E-state index in [9.17, 15) is 19.8 Å². The summed E-state index contributed by atoms with van der Waals surface area (Å²) in [6, 6.07) is 0. The largest absolute Gasteiger partial charge is 0.394 e. The van der Waals surface area contributed by atoms with E-state index in [1.165, 1.54) is 16.7 Å². The van der Waals surface area contributed by atoms with Crippen LogP contribution in [0.1, 0.15) is 13.3 Å². The molecule has 1 rings (SSSR count). The van der Waals surface area contributed by atoms with E-state index in [0.29, 0.717) is 18.1 Å². The van der Waals surface area contributed by atoms with Crippen molar-refractivity contribution in [2.45, 2.75) is 18.9 Å². The number of thioether (sulfide) groups is 1. The van der Waals surface area contributed by atoms with E-state index in [1.54, 1.807) is 6.92 Å². The highest BCUT2D eigenvalue weighted by atomic mass is 32.2. The lowest BCUT2D eigenvalue weighted by atomic mass is 9.98. The van der Waals surface area contributed by atoms with Crippen LogP contribution in [0.2, 0.25) is 0 Å². The molecule has 0 aliphatic carbocycles. The van der Waals surface area contributed by atoms with E-state index < -0.39 is 5.54 Å². The molecule has 1 heterocycles. The third kappa shape index (κ3) is 3.58. The number of rotatable bonds is 6. The van der Waals surface area contributed by atoms with Gasteiger partial charge in [0.2, 0.25) is 11.8 Å². The minimum absolute atomic E-state index is 0.0203. The normalized spacial score (nSPS) is 16.4. The molecule has 0 atom stereocenters. The van der Waals surface area contributed by atoms with Crippen LogP contribution in [0.15, 0.2) is 0 Å². The predicted molar refractivity (Wildman–Crippen MR) is 64.4 cm³/mol. The van der Waals surface area contributed by atoms with Crippen LogP contribution in [0, 0.1) is 0 Å². The quantitative estimate of drug-likeness (QED) is 0.557. The maximum atomic E-state index is 11.7. The highest BCUT2D eigenvalue weighted by Gasteiger charge is 2.30. The van der Waals surface area contributed by atoms with E-state index in [4.69, 9.17) is 0 Å². The topological polar surface area (TPSA) is 89.9 Å². The Hall–Kier alpha value is -0.790. The van der Waals surface area contributed by atoms with Crippen molar-refractivity contribution in [2.75, 3.05) is 31.4 Å². The van der Waals surface area contributed by atoms with Crippen LogP contribution in [0.4, 0.5) is 0 Å². The van der Waals surface area contributed by atoms with Gasteiger partial charge in [-0.05, 0) is 6.42 Å². The number of aliphatic hydroxyl groups is 2. The van der Waals surface area contributed by atoms with Crippen LogP contribution in [-0.2, 0) is 9.59 Å². The van der Waals surface area contributed by atoms with Crippen molar-refractivity contribution < 1.29 is 19.8 Å². The zero-order chi connectivity index (χ0) is 12.9. The number of nitrogens with one attached hydrogen (secondary N) is 1. The van der Waals surface area contributed by atoms with Gasteiger partial charge >= 0.3 is 0 Å². The number of nitrogens with zero attached hydrogens (tertiary/aromatic N) is 1. The molecular weight excluding hydrogens is 244 g/mol. The van der Waals surface area contributed by atoms with Gasteiger partial charge in [-0.1, -0.05) is 6.92 Å². The highest BCUT2D eigenvalue weighted by molar-refractivity contribution is 8.00. The molecule has 1 fully saturated rings. The third-order valence-corrected chi connectivity index (χ3v) is 3.79. The first kappa shape index (κ1) is 14.3. The van der Waals surface area contributed by atoms with Crippen LogP contribution in [0.25, 0.3) is 0 Å². The van der Waals surface area contributed by atoms with Crippen molar-refractivity contribution in [1.29, 1.82) is 0 Å². The van der Waals surface area contributed by atoms with E-state index in [0.717, 1.165) is 0 Å². The van der Waals surface area contributed by atoms with Crippen molar-refractivity contribution in [2.24, 2.45) is 0 Å². The Balaban J connectivity index is 2.50. The zero-order valence-electron chi connectivity index (χ0n) is 9.81. The minimum atomic E-state index is -0.993. The lowest BCUT2D eigenvalue weighted by Crippen LogP contribution is -2.56. The van der Waals surface area contributed by atoms with Gasteiger partial charge in [-0.2, -0.15) is 0 Å². The van der Waals surface area contributed by atoms with Crippen LogP contribution >= 0.6 is 11.8 Å². The van der Waals surface area contributed by atoms with E-state index in [1.807, 2.05) is 0 Å². The van der Waals surface area contributed by atoms with Gasteiger partial charge in [-0.25, -0.2) is 0 Å². The summed E-state index contributed by atoms with van der Waals surface area (Å²) in [5.41, 5.74) is -0.993. The van der Waals surface area contributed by atoms with Gasteiger partial charge in [-0.15, -0.1) is 11.8 Å². The molecule has 3 N–H and O–H groups in total. The molecule has 0 spiro atoms. The standard InChI is InChI=1S/C10H18N2O4S/c1-2-10(5-13,6-14)11-8(15)3-12-7-17-4-9(12)16/h13-14H,2-7H2,1H3,(H,11,15). The van der Waals surface area contributed by atoms with Gasteiger partial charge in [0.05, 0.1) is 30.4 Å². The van der Waals surface area contributed by atoms with Crippen LogP contribution in [0.3, 0.4) is 0 Å². The second-order valence-corrected chi connectivity index (χ2v) is 5.02. The lowest BCUT2D eigenvalue weighted by molar-refractivity contribution is -0.133. The molecule has 7 heteroatoms. The summed E-state index contributed by atoms with van der Waals surface area (Å²) >= 11 is 1.47. The van der Waals surface area contributed by atoms with Gasteiger partial charge in [0.1, 0.15) is 6.54 Å². The van der Waals surface area contributed by atoms with E-state index in [2.05, 4.69) is 5.32 Å². The molecule has 0 saturated carbocycles. The van der Waals surface area contributed by atoms with Crippen molar-refractivity contribution in [3.8, 4) is 0 Å². The number of aliphatic hydroxyl groups excluding tert-OH is 2. The van der Waals surface area contributed by atoms with Gasteiger partial charge in [0, 0.05) is 0 Å². The van der Waals surface area contributed by atoms with Crippen molar-refractivity contribution in [3.05, 3.63) is 0 Å². The van der Waals surface area contributed by atoms with Crippen LogP contribution < -0.4 is 5.32 Å². The number of amides is 2. The molecule has 0 aromatic carbocycles. The average molecular weight is 262 g/mol. The summed E-state index contributed by atoms with van der Waals surface area (Å²) in [6.45, 7) is 1.10. The minimum Gasteiger partial charge on any atom is -0.394 e. The van der Waals surface area contributed by atoms with Gasteiger partial charge in [0.15, 0.2) is 0 Å². The average Bonchev–Trinajstić information content (AvgIpc) is 2.72. The SMILES string of the molecule is CCC(CO)(CO)NC(=O)CN1CSCC1=O. The number of carbonyl (C=O) groups is 2. The summed E-state index contributed by atoms with van der Waals surface area (Å²) in [4.78, 5) is 24.5. The Kier molecular flexibility index (Phi) is 5.23. The summed E-state index contributed by atoms with van der Waals surface area (Å²) in [5, 5.41) is 20.9. The summed E-state index contributed by atoms with van der Waals surface area (Å²) < 4.78 is 0. The van der Waals surface area contributed by atoms with Crippen molar-refractivity contribution in [1.82, 2.24) is 10.2 Å². The molecule has 6 nitrogen and oxygen atoms in total. The van der Waals surface area contributed by atoms with Gasteiger partial charge in [-0.3, -0.25) is 9.59 Å². The molecule has 0 radical (unpaired) electrons. The maximum Gasteiger partial charge on any atom is 0.240 e. The summed E-state index contributed by atoms with van der Waals surface area (Å²) in [6.07, 6.45) is 0.425. The first-order chi connectivity index (χ1) is 8.06. The smallest absolute Gasteiger partial charge is 0.240 e. The maximum absolute atomic E-state index is 11.7. The summed E-state index contributed by atoms with van der Waals surface area (Å²) in [5.74, 6) is 0.515. The molecule has 98 valence electrons. The van der Waals surface area contributed by atoms with Crippen LogP contribution in [0.5, 0.6) is 0 Å². The Bertz CT molecular complexity index is 286. The zero-order valence-corrected chi connectivity index (χ0v) is 10.6. The molecule has 17 heavy (non-hydrogen) atoms. The molecule has 1 aliphatic heterocycles. The Morgan fingerprint density at radius 3 is 2.59 bits per heavy atom. The van der Waals surface area contributed by atoms with Crippen molar-refractivity contribution in [3.63, 3.8) is 0 Å². The Morgan fingerprint density at radius 1 is 1.53 bits per heavy atom. The number of hydrogen-bond donors (Lipinski definition) is 3. The number of carbonyl (C=O) groups excluding carboxylic acids is 2. The molecule has 1 saturated heterocycles. The Morgan fingerprint density at radius 2 is 2.18 bits per heavy atom. The van der Waals surface area contributed by atoms with Gasteiger partial charge < -0.3 is 20.4 Å². The third-order valence-electron chi connectivity index (χ3n) is 2.85. The second-order valence-electron chi connectivity index (χ2n) is 4.07. The molecule has 0 aromatic heterocycles. The first-order valence-corrected chi connectivity index (χ1v) is 6.60. The molecule has 0 bridgehead atoms. The molecule has 0 unspecified atom stereocenters. The van der Waals surface area contributed by atoms with Gasteiger partial charge in [0.25, 0.3) is 0 Å². The fourth-order valence-corrected chi connectivity index (χ4v) is 2.39. The molecule has 1 aliphatic rings. The Labute approximate surface area is 104 Å². The fourth-order valence-electron chi connectivity index (χ4n) is 1.49. The molecule has 2 amide bonds. The second kappa shape index (κ2) is 6.23. The molecule has 0 aromatic rings. The highest BCUT2D eigenvalue weighted by Crippen LogP contribution is 2.14. The lowest BCUT2D eigenvalue weighted by Gasteiger charge is -2.30. The summed E-state index contributed by atoms with van der Waals surface area (Å²) in [7, 11) is 0. The van der Waals surface area contributed by atoms with Crippen molar-refractivity contribution >= 4 is 23.6 Å². The fraction of sp³-hybridized carbons (Fsp3) is 0.800. The predicted octanol–water partition coefficient (Wildman–Crippen LogP) is -1.23. The van der Waals surface area contributed by atoms with Crippen LogP contribution in [-0.4, -0.2) is 63.9 Å². The molecular formula is C10H18N2O4S. The number of hydrogen-bond acceptors (Lipinski definition) is 5. The van der Waals surface area contributed by atoms with E-state index >= 15 is 0 Å². The first-order valence-electron chi connectivity index (χ1n) is 5.45. The van der Waals surface area contributed by atoms with E-state index in [-0.39, 0.29) is 31.6 Å².